The third-order valence-electron chi connectivity index (χ3n) is 8.61. The average Bonchev–Trinajstić information content (AvgIpc) is 3.17. The maximum Gasteiger partial charge on any atom is 0.328 e. The largest absolute Gasteiger partial charge is 0.460 e. The molecule has 0 aromatic heterocycles. The van der Waals surface area contributed by atoms with Gasteiger partial charge in [-0.2, -0.15) is 0 Å². The highest BCUT2D eigenvalue weighted by molar-refractivity contribution is 6.00. The molecule has 0 aliphatic carbocycles. The highest BCUT2D eigenvalue weighted by atomic mass is 16.6. The molecule has 12 nitrogen and oxygen atoms in total. The lowest BCUT2D eigenvalue weighted by Gasteiger charge is -2.28. The maximum absolute atomic E-state index is 13.5. The van der Waals surface area contributed by atoms with E-state index in [0.29, 0.717) is 18.0 Å². The van der Waals surface area contributed by atoms with Crippen LogP contribution in [0.2, 0.25) is 0 Å². The molecule has 0 saturated heterocycles. The normalized spacial score (nSPS) is 14.7. The van der Waals surface area contributed by atoms with Crippen LogP contribution in [-0.2, 0) is 38.1 Å². The summed E-state index contributed by atoms with van der Waals surface area (Å²) in [7, 11) is 0. The Labute approximate surface area is 352 Å². The summed E-state index contributed by atoms with van der Waals surface area (Å²) in [6, 6.07) is 0. The van der Waals surface area contributed by atoms with Crippen molar-refractivity contribution >= 4 is 29.7 Å². The van der Waals surface area contributed by atoms with Gasteiger partial charge in [0, 0.05) is 11.8 Å². The number of unbranched alkanes of at least 4 members (excludes halogenated alkanes) is 14. The molecule has 0 fully saturated rings. The van der Waals surface area contributed by atoms with E-state index in [-0.39, 0.29) is 31.9 Å². The summed E-state index contributed by atoms with van der Waals surface area (Å²) in [4.78, 5) is 59.1. The monoisotopic (exact) mass is 819 g/mol. The van der Waals surface area contributed by atoms with Gasteiger partial charge in [0.1, 0.15) is 53.7 Å². The van der Waals surface area contributed by atoms with Gasteiger partial charge in [-0.25, -0.2) is 0 Å². The van der Waals surface area contributed by atoms with E-state index in [1.54, 1.807) is 94.2 Å². The Morgan fingerprint density at radius 3 is 1.47 bits per heavy atom. The second kappa shape index (κ2) is 25.8. The third-order valence-corrected chi connectivity index (χ3v) is 8.61. The fourth-order valence-electron chi connectivity index (χ4n) is 6.31. The summed E-state index contributed by atoms with van der Waals surface area (Å²) in [6.07, 6.45) is 20.7. The summed E-state index contributed by atoms with van der Waals surface area (Å²) in [5.74, 6) is -1.50. The molecule has 2 N–H and O–H groups in total. The number of amidine groups is 1. The van der Waals surface area contributed by atoms with Gasteiger partial charge in [-0.3, -0.25) is 24.2 Å². The van der Waals surface area contributed by atoms with Gasteiger partial charge >= 0.3 is 23.9 Å². The zero-order chi connectivity index (χ0) is 44.0. The summed E-state index contributed by atoms with van der Waals surface area (Å²) in [5, 5.41) is 6.42. The van der Waals surface area contributed by atoms with E-state index in [0.717, 1.165) is 24.8 Å². The molecule has 1 heterocycles. The van der Waals surface area contributed by atoms with E-state index in [1.807, 2.05) is 0 Å². The van der Waals surface area contributed by atoms with Gasteiger partial charge in [0.15, 0.2) is 0 Å². The maximum atomic E-state index is 13.5. The van der Waals surface area contributed by atoms with E-state index >= 15 is 0 Å². The first-order chi connectivity index (χ1) is 26.9. The van der Waals surface area contributed by atoms with Crippen LogP contribution in [0.1, 0.15) is 199 Å². The van der Waals surface area contributed by atoms with E-state index in [2.05, 4.69) is 17.6 Å². The van der Waals surface area contributed by atoms with Crippen molar-refractivity contribution in [2.24, 2.45) is 4.99 Å². The molecule has 0 unspecified atom stereocenters. The van der Waals surface area contributed by atoms with Gasteiger partial charge in [0.05, 0.1) is 12.1 Å². The number of nitrogens with one attached hydrogen (secondary N) is 2. The molecule has 12 heteroatoms. The molecular formula is C46H82N4O8. The van der Waals surface area contributed by atoms with E-state index in [1.165, 1.54) is 77.0 Å². The predicted octanol–water partition coefficient (Wildman–Crippen LogP) is 9.95. The second-order valence-electron chi connectivity index (χ2n) is 19.5. The fourth-order valence-corrected chi connectivity index (χ4v) is 6.31. The summed E-state index contributed by atoms with van der Waals surface area (Å²) >= 11 is 0. The average molecular weight is 819 g/mol. The van der Waals surface area contributed by atoms with Gasteiger partial charge < -0.3 is 34.5 Å². The summed E-state index contributed by atoms with van der Waals surface area (Å²) in [6.45, 7) is 22.9. The zero-order valence-electron chi connectivity index (χ0n) is 38.9. The van der Waals surface area contributed by atoms with Gasteiger partial charge in [-0.15, -0.1) is 0 Å². The van der Waals surface area contributed by atoms with Crippen LogP contribution < -0.4 is 10.6 Å². The van der Waals surface area contributed by atoms with Crippen LogP contribution in [0.15, 0.2) is 28.3 Å². The molecule has 0 bridgehead atoms. The van der Waals surface area contributed by atoms with Crippen LogP contribution >= 0.6 is 0 Å². The SMILES string of the molecule is CCCCCCCCCCCCCCCCCC1=CN(CC(=O)OC(C)(C)C)C(CC(=O)OC(C)(C)C)=C(NCC(=O)OC(C)(C)C)NC1=NCC(=O)OC(C)(C)C. The minimum absolute atomic E-state index is 0.240. The van der Waals surface area contributed by atoms with Crippen molar-refractivity contribution in [1.82, 2.24) is 15.5 Å². The molecule has 1 aliphatic rings. The van der Waals surface area contributed by atoms with E-state index in [4.69, 9.17) is 23.9 Å². The first kappa shape index (κ1) is 52.4. The minimum atomic E-state index is -0.773. The standard InChI is InChI=1S/C46H82N4O8/c1-14-15-16-17-18-19-20-21-22-23-24-25-26-27-28-29-35-33-50(34-40(54)58-46(11,12)13)36(30-37(51)55-43(2,3)4)42(48-32-39(53)57-45(8,9)10)49-41(35)47-31-38(52)56-44(5,6)7/h33,48H,14-32,34H2,1-13H3,(H,47,49). The Morgan fingerprint density at radius 1 is 0.586 bits per heavy atom. The first-order valence-corrected chi connectivity index (χ1v) is 22.0. The lowest BCUT2D eigenvalue weighted by molar-refractivity contribution is -0.157. The molecule has 0 saturated carbocycles. The Bertz CT molecular complexity index is 1370. The van der Waals surface area contributed by atoms with Gasteiger partial charge in [-0.1, -0.05) is 96.8 Å². The molecule has 0 amide bonds. The van der Waals surface area contributed by atoms with Crippen LogP contribution in [0, 0.1) is 0 Å². The zero-order valence-corrected chi connectivity index (χ0v) is 38.9. The molecule has 0 aromatic rings. The molecule has 0 spiro atoms. The number of hydrogen-bond acceptors (Lipinski definition) is 11. The third kappa shape index (κ3) is 27.2. The number of carbonyl (C=O) groups excluding carboxylic acids is 4. The Kier molecular flexibility index (Phi) is 23.3. The second-order valence-corrected chi connectivity index (χ2v) is 19.5. The van der Waals surface area contributed by atoms with Crippen molar-refractivity contribution < 1.29 is 38.1 Å². The number of esters is 4. The minimum Gasteiger partial charge on any atom is -0.460 e. The lowest BCUT2D eigenvalue weighted by atomic mass is 10.0. The smallest absolute Gasteiger partial charge is 0.328 e. The number of aliphatic imine (C=N–C) groups is 1. The Morgan fingerprint density at radius 2 is 1.00 bits per heavy atom. The van der Waals surface area contributed by atoms with Gasteiger partial charge in [-0.05, 0) is 95.9 Å². The molecule has 0 aromatic carbocycles. The van der Waals surface area contributed by atoms with Crippen LogP contribution in [-0.4, -0.2) is 76.7 Å². The van der Waals surface area contributed by atoms with Crippen LogP contribution in [0.4, 0.5) is 0 Å². The van der Waals surface area contributed by atoms with Crippen molar-refractivity contribution in [2.45, 2.75) is 222 Å². The number of hydrogen-bond donors (Lipinski definition) is 2. The predicted molar refractivity (Wildman–Crippen MR) is 233 cm³/mol. The number of nitrogens with zero attached hydrogens (tertiary/aromatic N) is 2. The fraction of sp³-hybridized carbons (Fsp3) is 0.804. The quantitative estimate of drug-likeness (QED) is 0.0516. The molecule has 58 heavy (non-hydrogen) atoms. The first-order valence-electron chi connectivity index (χ1n) is 22.0. The van der Waals surface area contributed by atoms with Gasteiger partial charge in [0.2, 0.25) is 0 Å². The number of rotatable bonds is 25. The van der Waals surface area contributed by atoms with Crippen LogP contribution in [0.25, 0.3) is 0 Å². The van der Waals surface area contributed by atoms with Crippen molar-refractivity contribution in [2.75, 3.05) is 19.6 Å². The van der Waals surface area contributed by atoms with Crippen LogP contribution in [0.3, 0.4) is 0 Å². The van der Waals surface area contributed by atoms with Gasteiger partial charge in [0.25, 0.3) is 0 Å². The molecule has 334 valence electrons. The Hall–Kier alpha value is -3.57. The van der Waals surface area contributed by atoms with E-state index in [9.17, 15) is 19.2 Å². The summed E-state index contributed by atoms with van der Waals surface area (Å²) in [5.41, 5.74) is -1.91. The number of carbonyl (C=O) groups is 4. The molecular weight excluding hydrogens is 737 g/mol. The summed E-state index contributed by atoms with van der Waals surface area (Å²) < 4.78 is 22.6. The highest BCUT2D eigenvalue weighted by Crippen LogP contribution is 2.25. The molecule has 1 rings (SSSR count). The van der Waals surface area contributed by atoms with Crippen molar-refractivity contribution in [3.05, 3.63) is 23.3 Å². The lowest BCUT2D eigenvalue weighted by Crippen LogP contribution is -2.40. The molecule has 0 radical (unpaired) electrons. The highest BCUT2D eigenvalue weighted by Gasteiger charge is 2.30. The van der Waals surface area contributed by atoms with E-state index < -0.39 is 46.3 Å². The van der Waals surface area contributed by atoms with Crippen molar-refractivity contribution in [3.63, 3.8) is 0 Å². The topological polar surface area (TPSA) is 145 Å². The Balaban J connectivity index is 3.39. The van der Waals surface area contributed by atoms with Crippen molar-refractivity contribution in [3.8, 4) is 0 Å². The van der Waals surface area contributed by atoms with Crippen LogP contribution in [0.5, 0.6) is 0 Å². The van der Waals surface area contributed by atoms with Crippen molar-refractivity contribution in [1.29, 1.82) is 0 Å². The number of ether oxygens (including phenoxy) is 4. The molecule has 0 atom stereocenters. The molecule has 1 aliphatic heterocycles.